The third kappa shape index (κ3) is 5.14. The van der Waals surface area contributed by atoms with Gasteiger partial charge in [-0.05, 0) is 63.3 Å². The van der Waals surface area contributed by atoms with Crippen molar-refractivity contribution in [2.45, 2.75) is 57.5 Å². The third-order valence-electron chi connectivity index (χ3n) is 4.01. The largest absolute Gasteiger partial charge is 0.396 e. The normalized spacial score (nSPS) is 20.6. The Bertz CT molecular complexity index is 388. The zero-order chi connectivity index (χ0) is 14.2. The van der Waals surface area contributed by atoms with E-state index in [1.165, 1.54) is 43.5 Å². The first-order chi connectivity index (χ1) is 9.78. The van der Waals surface area contributed by atoms with Crippen LogP contribution in [-0.2, 0) is 6.42 Å². The second-order valence-corrected chi connectivity index (χ2v) is 5.96. The molecule has 1 heterocycles. The zero-order valence-corrected chi connectivity index (χ0v) is 12.6. The third-order valence-corrected chi connectivity index (χ3v) is 4.01. The van der Waals surface area contributed by atoms with Crippen LogP contribution in [0, 0.1) is 0 Å². The molecule has 112 valence electrons. The van der Waals surface area contributed by atoms with Crippen LogP contribution in [0.3, 0.4) is 0 Å². The Morgan fingerprint density at radius 1 is 1.40 bits per heavy atom. The maximum Gasteiger partial charge on any atom is 0.0434 e. The number of anilines is 1. The van der Waals surface area contributed by atoms with Crippen LogP contribution in [0.25, 0.3) is 0 Å². The lowest BCUT2D eigenvalue weighted by atomic mass is 9.98. The molecule has 1 aromatic carbocycles. The van der Waals surface area contributed by atoms with E-state index in [9.17, 15) is 0 Å². The van der Waals surface area contributed by atoms with Crippen molar-refractivity contribution in [2.75, 3.05) is 18.5 Å². The average molecular weight is 276 g/mol. The summed E-state index contributed by atoms with van der Waals surface area (Å²) in [6.07, 6.45) is 6.96. The predicted octanol–water partition coefficient (Wildman–Crippen LogP) is 2.94. The molecule has 3 heteroatoms. The van der Waals surface area contributed by atoms with E-state index < -0.39 is 0 Å². The maximum atomic E-state index is 8.90. The molecule has 1 aliphatic rings. The van der Waals surface area contributed by atoms with E-state index >= 15 is 0 Å². The van der Waals surface area contributed by atoms with Crippen molar-refractivity contribution in [2.24, 2.45) is 0 Å². The van der Waals surface area contributed by atoms with Crippen LogP contribution in [0.15, 0.2) is 24.3 Å². The fourth-order valence-electron chi connectivity index (χ4n) is 3.00. The van der Waals surface area contributed by atoms with Crippen molar-refractivity contribution in [3.63, 3.8) is 0 Å². The van der Waals surface area contributed by atoms with Crippen LogP contribution in [0.4, 0.5) is 5.69 Å². The van der Waals surface area contributed by atoms with Gasteiger partial charge in [-0.2, -0.15) is 0 Å². The molecule has 0 bridgehead atoms. The fourth-order valence-corrected chi connectivity index (χ4v) is 3.00. The lowest BCUT2D eigenvalue weighted by Gasteiger charge is -2.27. The number of rotatable bonds is 7. The minimum absolute atomic E-state index is 0.265. The highest BCUT2D eigenvalue weighted by Gasteiger charge is 2.15. The fraction of sp³-hybridized carbons (Fsp3) is 0.647. The number of benzene rings is 1. The van der Waals surface area contributed by atoms with E-state index in [4.69, 9.17) is 5.11 Å². The van der Waals surface area contributed by atoms with Gasteiger partial charge in [-0.25, -0.2) is 0 Å². The number of aliphatic hydroxyl groups is 1. The topological polar surface area (TPSA) is 44.3 Å². The summed E-state index contributed by atoms with van der Waals surface area (Å²) in [5.74, 6) is 0. The monoisotopic (exact) mass is 276 g/mol. The van der Waals surface area contributed by atoms with Gasteiger partial charge in [0.15, 0.2) is 0 Å². The molecule has 20 heavy (non-hydrogen) atoms. The molecular weight excluding hydrogens is 248 g/mol. The van der Waals surface area contributed by atoms with Crippen molar-refractivity contribution in [1.82, 2.24) is 5.32 Å². The Morgan fingerprint density at radius 2 is 2.30 bits per heavy atom. The van der Waals surface area contributed by atoms with E-state index in [-0.39, 0.29) is 6.61 Å². The molecule has 2 rings (SSSR count). The van der Waals surface area contributed by atoms with Gasteiger partial charge >= 0.3 is 0 Å². The van der Waals surface area contributed by atoms with Crippen molar-refractivity contribution >= 4 is 5.69 Å². The van der Waals surface area contributed by atoms with Gasteiger partial charge in [-0.1, -0.05) is 18.6 Å². The minimum Gasteiger partial charge on any atom is -0.396 e. The van der Waals surface area contributed by atoms with E-state index in [1.807, 2.05) is 0 Å². The molecule has 1 saturated heterocycles. The number of hydrogen-bond donors (Lipinski definition) is 3. The minimum atomic E-state index is 0.265. The molecule has 0 aliphatic carbocycles. The molecule has 2 atom stereocenters. The van der Waals surface area contributed by atoms with Crippen LogP contribution in [0.1, 0.15) is 44.6 Å². The Hall–Kier alpha value is -1.06. The van der Waals surface area contributed by atoms with Gasteiger partial charge in [0.1, 0.15) is 0 Å². The first-order valence-corrected chi connectivity index (χ1v) is 7.97. The van der Waals surface area contributed by atoms with Gasteiger partial charge in [0.05, 0.1) is 0 Å². The van der Waals surface area contributed by atoms with E-state index in [0.717, 1.165) is 12.8 Å². The number of piperidine rings is 1. The lowest BCUT2D eigenvalue weighted by molar-refractivity contribution is 0.288. The SMILES string of the molecule is CC(CC1CCCCN1)Nc1cccc(CCCO)c1. The smallest absolute Gasteiger partial charge is 0.0434 e. The molecule has 0 aromatic heterocycles. The van der Waals surface area contributed by atoms with Gasteiger partial charge in [0, 0.05) is 24.4 Å². The second-order valence-electron chi connectivity index (χ2n) is 5.96. The second kappa shape index (κ2) is 8.28. The van der Waals surface area contributed by atoms with Crippen LogP contribution in [0.5, 0.6) is 0 Å². The molecule has 3 nitrogen and oxygen atoms in total. The van der Waals surface area contributed by atoms with Crippen molar-refractivity contribution in [3.05, 3.63) is 29.8 Å². The van der Waals surface area contributed by atoms with E-state index in [0.29, 0.717) is 12.1 Å². The molecule has 2 unspecified atom stereocenters. The summed E-state index contributed by atoms with van der Waals surface area (Å²) < 4.78 is 0. The van der Waals surface area contributed by atoms with Crippen LogP contribution in [0.2, 0.25) is 0 Å². The molecule has 1 aromatic rings. The maximum absolute atomic E-state index is 8.90. The van der Waals surface area contributed by atoms with Gasteiger partial charge < -0.3 is 15.7 Å². The van der Waals surface area contributed by atoms with Crippen molar-refractivity contribution in [1.29, 1.82) is 0 Å². The summed E-state index contributed by atoms with van der Waals surface area (Å²) in [7, 11) is 0. The number of aliphatic hydroxyl groups excluding tert-OH is 1. The molecule has 0 saturated carbocycles. The summed E-state index contributed by atoms with van der Waals surface area (Å²) >= 11 is 0. The van der Waals surface area contributed by atoms with Crippen molar-refractivity contribution in [3.8, 4) is 0 Å². The lowest BCUT2D eigenvalue weighted by Crippen LogP contribution is -2.37. The molecule has 1 fully saturated rings. The standard InChI is InChI=1S/C17H28N2O/c1-14(12-16-8-2-3-10-18-16)19-17-9-4-6-15(13-17)7-5-11-20/h4,6,9,13-14,16,18-20H,2-3,5,7-8,10-12H2,1H3. The van der Waals surface area contributed by atoms with Crippen LogP contribution in [-0.4, -0.2) is 30.3 Å². The molecule has 3 N–H and O–H groups in total. The van der Waals surface area contributed by atoms with E-state index in [2.05, 4.69) is 41.8 Å². The highest BCUT2D eigenvalue weighted by molar-refractivity contribution is 5.46. The van der Waals surface area contributed by atoms with Gasteiger partial charge in [-0.3, -0.25) is 0 Å². The van der Waals surface area contributed by atoms with E-state index in [1.54, 1.807) is 0 Å². The predicted molar refractivity (Wildman–Crippen MR) is 85.2 cm³/mol. The summed E-state index contributed by atoms with van der Waals surface area (Å²) in [4.78, 5) is 0. The molecule has 0 radical (unpaired) electrons. The number of aryl methyl sites for hydroxylation is 1. The zero-order valence-electron chi connectivity index (χ0n) is 12.6. The summed E-state index contributed by atoms with van der Waals surface area (Å²) in [6.45, 7) is 3.70. The highest BCUT2D eigenvalue weighted by Crippen LogP contribution is 2.17. The Labute approximate surface area is 122 Å². The van der Waals surface area contributed by atoms with Gasteiger partial charge in [-0.15, -0.1) is 0 Å². The molecule has 0 amide bonds. The highest BCUT2D eigenvalue weighted by atomic mass is 16.2. The Kier molecular flexibility index (Phi) is 6.34. The molecule has 0 spiro atoms. The van der Waals surface area contributed by atoms with Crippen LogP contribution < -0.4 is 10.6 Å². The van der Waals surface area contributed by atoms with Crippen LogP contribution >= 0.6 is 0 Å². The quantitative estimate of drug-likeness (QED) is 0.717. The van der Waals surface area contributed by atoms with Gasteiger partial charge in [0.2, 0.25) is 0 Å². The summed E-state index contributed by atoms with van der Waals surface area (Å²) in [5.41, 5.74) is 2.50. The van der Waals surface area contributed by atoms with Crippen molar-refractivity contribution < 1.29 is 5.11 Å². The first kappa shape index (κ1) is 15.3. The van der Waals surface area contributed by atoms with Gasteiger partial charge in [0.25, 0.3) is 0 Å². The Morgan fingerprint density at radius 3 is 3.05 bits per heavy atom. The average Bonchev–Trinajstić information content (AvgIpc) is 2.46. The number of nitrogens with one attached hydrogen (secondary N) is 2. The Balaban J connectivity index is 1.81. The first-order valence-electron chi connectivity index (χ1n) is 7.97. The summed E-state index contributed by atoms with van der Waals surface area (Å²) in [6, 6.07) is 9.73. The summed E-state index contributed by atoms with van der Waals surface area (Å²) in [5, 5.41) is 16.1. The number of hydrogen-bond acceptors (Lipinski definition) is 3. The molecule has 1 aliphatic heterocycles. The molecular formula is C17H28N2O.